The van der Waals surface area contributed by atoms with Crippen molar-refractivity contribution in [2.75, 3.05) is 0 Å². The summed E-state index contributed by atoms with van der Waals surface area (Å²) in [6.45, 7) is 0. The molecule has 22 heavy (non-hydrogen) atoms. The Morgan fingerprint density at radius 1 is 1.09 bits per heavy atom. The lowest BCUT2D eigenvalue weighted by Crippen LogP contribution is -2.45. The first-order valence-corrected chi connectivity index (χ1v) is 8.86. The van der Waals surface area contributed by atoms with Crippen LogP contribution in [-0.4, -0.2) is 23.0 Å². The number of aliphatic hydroxyl groups is 1. The fourth-order valence-electron chi connectivity index (χ4n) is 3.30. The molecule has 1 aromatic heterocycles. The molecule has 0 saturated heterocycles. The van der Waals surface area contributed by atoms with Gasteiger partial charge in [-0.3, -0.25) is 20.4 Å². The summed E-state index contributed by atoms with van der Waals surface area (Å²) in [5.41, 5.74) is 6.22. The number of hydrogen-bond acceptors (Lipinski definition) is 4. The molecule has 120 valence electrons. The number of hydrogen-bond donors (Lipinski definition) is 3. The van der Waals surface area contributed by atoms with Gasteiger partial charge in [0.1, 0.15) is 0 Å². The van der Waals surface area contributed by atoms with Gasteiger partial charge in [0.2, 0.25) is 5.91 Å². The molecular weight excluding hydrogens is 300 g/mol. The molecule has 1 heterocycles. The summed E-state index contributed by atoms with van der Waals surface area (Å²) < 4.78 is 0. The predicted molar refractivity (Wildman–Crippen MR) is 84.5 cm³/mol. The Morgan fingerprint density at radius 2 is 1.91 bits per heavy atom. The average Bonchev–Trinajstić information content (AvgIpc) is 3.05. The van der Waals surface area contributed by atoms with Crippen molar-refractivity contribution in [1.29, 1.82) is 0 Å². The first-order chi connectivity index (χ1) is 10.6. The molecule has 2 atom stereocenters. The fraction of sp³-hybridized carbons (Fsp3) is 0.625. The van der Waals surface area contributed by atoms with E-state index in [1.54, 1.807) is 0 Å². The summed E-state index contributed by atoms with van der Waals surface area (Å²) in [6, 6.07) is 1.96. The Hall–Kier alpha value is -1.40. The van der Waals surface area contributed by atoms with E-state index >= 15 is 0 Å². The van der Waals surface area contributed by atoms with Gasteiger partial charge in [-0.25, -0.2) is 0 Å². The van der Waals surface area contributed by atoms with E-state index < -0.39 is 12.0 Å². The van der Waals surface area contributed by atoms with Crippen LogP contribution in [-0.2, 0) is 17.6 Å². The molecule has 2 amide bonds. The molecular formula is C16H22N2O3S. The van der Waals surface area contributed by atoms with E-state index in [1.807, 2.05) is 6.07 Å². The first kappa shape index (κ1) is 15.5. The Morgan fingerprint density at radius 3 is 2.68 bits per heavy atom. The molecule has 1 saturated carbocycles. The molecule has 5 nitrogen and oxygen atoms in total. The van der Waals surface area contributed by atoms with Crippen LogP contribution in [0.4, 0.5) is 0 Å². The Bertz CT molecular complexity index is 546. The van der Waals surface area contributed by atoms with Crippen LogP contribution in [0, 0.1) is 5.92 Å². The highest BCUT2D eigenvalue weighted by atomic mass is 32.1. The van der Waals surface area contributed by atoms with E-state index in [2.05, 4.69) is 10.9 Å². The van der Waals surface area contributed by atoms with E-state index in [1.165, 1.54) is 41.0 Å². The van der Waals surface area contributed by atoms with Crippen LogP contribution >= 0.6 is 11.3 Å². The van der Waals surface area contributed by atoms with Gasteiger partial charge >= 0.3 is 0 Å². The number of fused-ring (bicyclic) bond motifs is 1. The lowest BCUT2D eigenvalue weighted by Gasteiger charge is -2.14. The van der Waals surface area contributed by atoms with E-state index in [4.69, 9.17) is 0 Å². The number of carbonyl (C=O) groups is 2. The SMILES string of the molecule is O=C(NNC(=O)C1CCCC1O)c1cc2c(s1)CCCCC2. The molecule has 2 unspecified atom stereocenters. The van der Waals surface area contributed by atoms with Crippen LogP contribution in [0.25, 0.3) is 0 Å². The zero-order chi connectivity index (χ0) is 15.5. The minimum atomic E-state index is -0.588. The molecule has 0 spiro atoms. The number of rotatable bonds is 2. The standard InChI is InChI=1S/C16H22N2O3S/c19-12-7-4-6-11(12)15(20)17-18-16(21)14-9-10-5-2-1-3-8-13(10)22-14/h9,11-12,19H,1-8H2,(H,17,20)(H,18,21). The van der Waals surface area contributed by atoms with Gasteiger partial charge in [-0.2, -0.15) is 0 Å². The molecule has 3 N–H and O–H groups in total. The topological polar surface area (TPSA) is 78.4 Å². The molecule has 0 radical (unpaired) electrons. The van der Waals surface area contributed by atoms with Crippen molar-refractivity contribution in [3.8, 4) is 0 Å². The zero-order valence-electron chi connectivity index (χ0n) is 12.6. The molecule has 3 rings (SSSR count). The quantitative estimate of drug-likeness (QED) is 0.575. The molecule has 1 aromatic rings. The van der Waals surface area contributed by atoms with E-state index in [0.717, 1.165) is 19.3 Å². The molecule has 2 aliphatic carbocycles. The number of hydrazine groups is 1. The van der Waals surface area contributed by atoms with Crippen molar-refractivity contribution in [1.82, 2.24) is 10.9 Å². The Kier molecular flexibility index (Phi) is 4.78. The van der Waals surface area contributed by atoms with Crippen molar-refractivity contribution < 1.29 is 14.7 Å². The second-order valence-electron chi connectivity index (χ2n) is 6.17. The van der Waals surface area contributed by atoms with Crippen molar-refractivity contribution in [3.05, 3.63) is 21.4 Å². The van der Waals surface area contributed by atoms with Gasteiger partial charge in [0.05, 0.1) is 16.9 Å². The third-order valence-electron chi connectivity index (χ3n) is 4.59. The number of aryl methyl sites for hydroxylation is 2. The van der Waals surface area contributed by atoms with E-state index in [9.17, 15) is 14.7 Å². The molecule has 0 bridgehead atoms. The van der Waals surface area contributed by atoms with Gasteiger partial charge in [0.25, 0.3) is 5.91 Å². The summed E-state index contributed by atoms with van der Waals surface area (Å²) in [5.74, 6) is -0.962. The largest absolute Gasteiger partial charge is 0.392 e. The average molecular weight is 322 g/mol. The van der Waals surface area contributed by atoms with Gasteiger partial charge in [0, 0.05) is 4.88 Å². The van der Waals surface area contributed by atoms with Gasteiger partial charge in [0.15, 0.2) is 0 Å². The van der Waals surface area contributed by atoms with Crippen LogP contribution in [0.2, 0.25) is 0 Å². The lowest BCUT2D eigenvalue weighted by atomic mass is 10.1. The second-order valence-corrected chi connectivity index (χ2v) is 7.30. The van der Waals surface area contributed by atoms with Crippen LogP contribution < -0.4 is 10.9 Å². The monoisotopic (exact) mass is 322 g/mol. The van der Waals surface area contributed by atoms with Gasteiger partial charge in [-0.15, -0.1) is 11.3 Å². The minimum Gasteiger partial charge on any atom is -0.392 e. The predicted octanol–water partition coefficient (Wildman–Crippen LogP) is 1.94. The Labute approximate surface area is 134 Å². The maximum absolute atomic E-state index is 12.2. The number of aliphatic hydroxyl groups excluding tert-OH is 1. The van der Waals surface area contributed by atoms with E-state index in [-0.39, 0.29) is 11.8 Å². The molecule has 0 aromatic carbocycles. The zero-order valence-corrected chi connectivity index (χ0v) is 13.4. The summed E-state index contributed by atoms with van der Waals surface area (Å²) in [5, 5.41) is 9.71. The molecule has 2 aliphatic rings. The molecule has 1 fully saturated rings. The third kappa shape index (κ3) is 3.33. The smallest absolute Gasteiger partial charge is 0.279 e. The summed E-state index contributed by atoms with van der Waals surface area (Å²) in [6.07, 6.45) is 7.31. The molecule has 0 aliphatic heterocycles. The normalized spacial score (nSPS) is 24.4. The highest BCUT2D eigenvalue weighted by Gasteiger charge is 2.31. The summed E-state index contributed by atoms with van der Waals surface area (Å²) in [7, 11) is 0. The number of nitrogens with one attached hydrogen (secondary N) is 2. The number of thiophene rings is 1. The van der Waals surface area contributed by atoms with Gasteiger partial charge in [-0.1, -0.05) is 6.42 Å². The highest BCUT2D eigenvalue weighted by Crippen LogP contribution is 2.29. The summed E-state index contributed by atoms with van der Waals surface area (Å²) in [4.78, 5) is 26.1. The maximum atomic E-state index is 12.2. The fourth-order valence-corrected chi connectivity index (χ4v) is 4.45. The van der Waals surface area contributed by atoms with Crippen LogP contribution in [0.1, 0.15) is 58.6 Å². The Balaban J connectivity index is 1.57. The van der Waals surface area contributed by atoms with Crippen LogP contribution in [0.5, 0.6) is 0 Å². The van der Waals surface area contributed by atoms with Gasteiger partial charge < -0.3 is 5.11 Å². The van der Waals surface area contributed by atoms with Crippen LogP contribution in [0.3, 0.4) is 0 Å². The van der Waals surface area contributed by atoms with Crippen molar-refractivity contribution in [2.45, 2.75) is 57.5 Å². The maximum Gasteiger partial charge on any atom is 0.279 e. The van der Waals surface area contributed by atoms with Crippen molar-refractivity contribution >= 4 is 23.2 Å². The second kappa shape index (κ2) is 6.79. The first-order valence-electron chi connectivity index (χ1n) is 8.05. The number of amides is 2. The highest BCUT2D eigenvalue weighted by molar-refractivity contribution is 7.14. The van der Waals surface area contributed by atoms with Gasteiger partial charge in [-0.05, 0) is 56.6 Å². The minimum absolute atomic E-state index is 0.265. The van der Waals surface area contributed by atoms with Crippen molar-refractivity contribution in [2.24, 2.45) is 5.92 Å². The third-order valence-corrected chi connectivity index (χ3v) is 5.82. The summed E-state index contributed by atoms with van der Waals surface area (Å²) >= 11 is 1.53. The van der Waals surface area contributed by atoms with Crippen molar-refractivity contribution in [3.63, 3.8) is 0 Å². The van der Waals surface area contributed by atoms with E-state index in [0.29, 0.717) is 17.7 Å². The molecule has 6 heteroatoms. The van der Waals surface area contributed by atoms with Crippen LogP contribution in [0.15, 0.2) is 6.07 Å². The number of carbonyl (C=O) groups excluding carboxylic acids is 2. The lowest BCUT2D eigenvalue weighted by molar-refractivity contribution is -0.128.